The van der Waals surface area contributed by atoms with Crippen LogP contribution in [0.1, 0.15) is 38.2 Å². The molecule has 2 aromatic rings. The molecule has 3 rings (SSSR count). The van der Waals surface area contributed by atoms with Crippen molar-refractivity contribution in [2.75, 3.05) is 13.1 Å². The van der Waals surface area contributed by atoms with Gasteiger partial charge < -0.3 is 14.6 Å². The molecule has 0 saturated carbocycles. The van der Waals surface area contributed by atoms with Crippen LogP contribution in [0, 0.1) is 5.92 Å². The zero-order chi connectivity index (χ0) is 17.8. The summed E-state index contributed by atoms with van der Waals surface area (Å²) in [7, 11) is 0. The molecule has 25 heavy (non-hydrogen) atoms. The number of carbonyl (C=O) groups excluding carboxylic acids is 1. The van der Waals surface area contributed by atoms with Crippen LogP contribution in [-0.4, -0.2) is 39.5 Å². The third-order valence-corrected chi connectivity index (χ3v) is 5.19. The Morgan fingerprint density at radius 1 is 1.28 bits per heavy atom. The topological polar surface area (TPSA) is 62.5 Å². The van der Waals surface area contributed by atoms with Crippen molar-refractivity contribution in [1.29, 1.82) is 0 Å². The number of para-hydroxylation sites is 1. The van der Waals surface area contributed by atoms with E-state index < -0.39 is 5.97 Å². The summed E-state index contributed by atoms with van der Waals surface area (Å²) in [6.45, 7) is 4.47. The Hall–Kier alpha value is -2.30. The Kier molecular flexibility index (Phi) is 5.41. The lowest BCUT2D eigenvalue weighted by molar-refractivity contribution is -0.137. The van der Waals surface area contributed by atoms with Crippen molar-refractivity contribution in [3.05, 3.63) is 36.0 Å². The number of likely N-dealkylation sites (tertiary alicyclic amines) is 1. The minimum absolute atomic E-state index is 0.152. The third-order valence-electron chi connectivity index (χ3n) is 5.19. The van der Waals surface area contributed by atoms with Crippen molar-refractivity contribution in [3.8, 4) is 0 Å². The number of carboxylic acid groups (broad SMARTS) is 1. The SMILES string of the molecule is CCn1cc(CC(=O)N2CCC[C@H](CCC(=O)O)C2)c2ccccc21. The molecule has 1 aliphatic rings. The van der Waals surface area contributed by atoms with Gasteiger partial charge in [0.25, 0.3) is 0 Å². The molecule has 0 spiro atoms. The van der Waals surface area contributed by atoms with Crippen molar-refractivity contribution in [2.24, 2.45) is 5.92 Å². The normalized spacial score (nSPS) is 17.8. The Labute approximate surface area is 148 Å². The number of aryl methyl sites for hydroxylation is 1. The lowest BCUT2D eigenvalue weighted by Gasteiger charge is -2.32. The van der Waals surface area contributed by atoms with Gasteiger partial charge in [-0.05, 0) is 43.7 Å². The molecule has 1 fully saturated rings. The van der Waals surface area contributed by atoms with Crippen LogP contribution in [0.5, 0.6) is 0 Å². The van der Waals surface area contributed by atoms with Gasteiger partial charge in [-0.3, -0.25) is 9.59 Å². The largest absolute Gasteiger partial charge is 0.481 e. The van der Waals surface area contributed by atoms with Crippen LogP contribution in [0.15, 0.2) is 30.5 Å². The first-order valence-corrected chi connectivity index (χ1v) is 9.14. The summed E-state index contributed by atoms with van der Waals surface area (Å²) >= 11 is 0. The van der Waals surface area contributed by atoms with Gasteiger partial charge in [0.1, 0.15) is 0 Å². The van der Waals surface area contributed by atoms with E-state index in [2.05, 4.69) is 29.8 Å². The minimum Gasteiger partial charge on any atom is -0.481 e. The molecule has 1 aromatic carbocycles. The summed E-state index contributed by atoms with van der Waals surface area (Å²) in [5, 5.41) is 10.0. The monoisotopic (exact) mass is 342 g/mol. The highest BCUT2D eigenvalue weighted by Gasteiger charge is 2.24. The molecule has 5 heteroatoms. The molecule has 0 unspecified atom stereocenters. The molecular formula is C20H26N2O3. The van der Waals surface area contributed by atoms with E-state index in [9.17, 15) is 9.59 Å². The highest BCUT2D eigenvalue weighted by Crippen LogP contribution is 2.25. The second-order valence-electron chi connectivity index (χ2n) is 6.91. The van der Waals surface area contributed by atoms with Crippen molar-refractivity contribution in [1.82, 2.24) is 9.47 Å². The number of amides is 1. The second-order valence-corrected chi connectivity index (χ2v) is 6.91. The first-order valence-electron chi connectivity index (χ1n) is 9.14. The fourth-order valence-corrected chi connectivity index (χ4v) is 3.85. The zero-order valence-electron chi connectivity index (χ0n) is 14.8. The first-order chi connectivity index (χ1) is 12.1. The van der Waals surface area contributed by atoms with Crippen LogP contribution in [0.25, 0.3) is 10.9 Å². The van der Waals surface area contributed by atoms with Gasteiger partial charge in [0.15, 0.2) is 0 Å². The fraction of sp³-hybridized carbons (Fsp3) is 0.500. The first kappa shape index (κ1) is 17.5. The minimum atomic E-state index is -0.754. The van der Waals surface area contributed by atoms with E-state index in [0.717, 1.165) is 36.9 Å². The Balaban J connectivity index is 1.69. The number of carboxylic acids is 1. The van der Waals surface area contributed by atoms with Crippen molar-refractivity contribution >= 4 is 22.8 Å². The van der Waals surface area contributed by atoms with E-state index >= 15 is 0 Å². The van der Waals surface area contributed by atoms with E-state index in [1.54, 1.807) is 0 Å². The van der Waals surface area contributed by atoms with Crippen LogP contribution in [0.2, 0.25) is 0 Å². The molecule has 1 aromatic heterocycles. The smallest absolute Gasteiger partial charge is 0.303 e. The van der Waals surface area contributed by atoms with Gasteiger partial charge in [0.05, 0.1) is 6.42 Å². The van der Waals surface area contributed by atoms with E-state index in [1.165, 1.54) is 5.52 Å². The lowest BCUT2D eigenvalue weighted by atomic mass is 9.93. The van der Waals surface area contributed by atoms with Crippen LogP contribution in [0.3, 0.4) is 0 Å². The zero-order valence-corrected chi connectivity index (χ0v) is 14.8. The van der Waals surface area contributed by atoms with Gasteiger partial charge in [-0.2, -0.15) is 0 Å². The van der Waals surface area contributed by atoms with Crippen molar-refractivity contribution < 1.29 is 14.7 Å². The van der Waals surface area contributed by atoms with Crippen molar-refractivity contribution in [3.63, 3.8) is 0 Å². The molecule has 1 atom stereocenters. The summed E-state index contributed by atoms with van der Waals surface area (Å²) in [6.07, 6.45) is 5.34. The summed E-state index contributed by atoms with van der Waals surface area (Å²) in [5.74, 6) is -0.291. The molecule has 0 aliphatic carbocycles. The number of nitrogens with zero attached hydrogens (tertiary/aromatic N) is 2. The number of hydrogen-bond donors (Lipinski definition) is 1. The molecule has 1 aliphatic heterocycles. The Morgan fingerprint density at radius 2 is 2.08 bits per heavy atom. The Bertz CT molecular complexity index is 765. The third kappa shape index (κ3) is 4.03. The van der Waals surface area contributed by atoms with E-state index in [-0.39, 0.29) is 12.3 Å². The summed E-state index contributed by atoms with van der Waals surface area (Å²) in [6, 6.07) is 8.21. The van der Waals surface area contributed by atoms with E-state index in [1.807, 2.05) is 17.0 Å². The van der Waals surface area contributed by atoms with Crippen LogP contribution < -0.4 is 0 Å². The number of hydrogen-bond acceptors (Lipinski definition) is 2. The van der Waals surface area contributed by atoms with Gasteiger partial charge >= 0.3 is 5.97 Å². The summed E-state index contributed by atoms with van der Waals surface area (Å²) < 4.78 is 2.18. The maximum Gasteiger partial charge on any atom is 0.303 e. The summed E-state index contributed by atoms with van der Waals surface area (Å²) in [5.41, 5.74) is 2.25. The molecule has 0 bridgehead atoms. The molecule has 1 amide bonds. The molecular weight excluding hydrogens is 316 g/mol. The average molecular weight is 342 g/mol. The maximum absolute atomic E-state index is 12.8. The molecule has 0 radical (unpaired) electrons. The number of aromatic nitrogens is 1. The molecule has 2 heterocycles. The standard InChI is InChI=1S/C20H26N2O3/c1-2-21-14-16(17-7-3-4-8-18(17)21)12-19(23)22-11-5-6-15(13-22)9-10-20(24)25/h3-4,7-8,14-15H,2,5-6,9-13H2,1H3,(H,24,25)/t15-/m1/s1. The number of fused-ring (bicyclic) bond motifs is 1. The van der Waals surface area contributed by atoms with E-state index in [0.29, 0.717) is 25.3 Å². The second kappa shape index (κ2) is 7.72. The molecule has 1 saturated heterocycles. The van der Waals surface area contributed by atoms with Gasteiger partial charge in [-0.1, -0.05) is 18.2 Å². The summed E-state index contributed by atoms with van der Waals surface area (Å²) in [4.78, 5) is 25.5. The van der Waals surface area contributed by atoms with Gasteiger partial charge in [0, 0.05) is 43.2 Å². The predicted molar refractivity (Wildman–Crippen MR) is 97.5 cm³/mol. The van der Waals surface area contributed by atoms with Crippen LogP contribution >= 0.6 is 0 Å². The predicted octanol–water partition coefficient (Wildman–Crippen LogP) is 3.31. The molecule has 1 N–H and O–H groups in total. The fourth-order valence-electron chi connectivity index (χ4n) is 3.85. The quantitative estimate of drug-likeness (QED) is 0.876. The maximum atomic E-state index is 12.8. The lowest BCUT2D eigenvalue weighted by Crippen LogP contribution is -2.40. The molecule has 134 valence electrons. The van der Waals surface area contributed by atoms with Crippen LogP contribution in [-0.2, 0) is 22.6 Å². The number of benzene rings is 1. The van der Waals surface area contributed by atoms with Gasteiger partial charge in [-0.25, -0.2) is 0 Å². The highest BCUT2D eigenvalue weighted by molar-refractivity contribution is 5.89. The van der Waals surface area contributed by atoms with Crippen molar-refractivity contribution in [2.45, 2.75) is 45.6 Å². The highest BCUT2D eigenvalue weighted by atomic mass is 16.4. The molecule has 5 nitrogen and oxygen atoms in total. The number of rotatable bonds is 6. The van der Waals surface area contributed by atoms with Crippen LogP contribution in [0.4, 0.5) is 0 Å². The number of piperidine rings is 1. The van der Waals surface area contributed by atoms with Gasteiger partial charge in [-0.15, -0.1) is 0 Å². The number of carbonyl (C=O) groups is 2. The van der Waals surface area contributed by atoms with E-state index in [4.69, 9.17) is 5.11 Å². The van der Waals surface area contributed by atoms with Gasteiger partial charge in [0.2, 0.25) is 5.91 Å². The number of aliphatic carboxylic acids is 1. The Morgan fingerprint density at radius 3 is 2.84 bits per heavy atom. The average Bonchev–Trinajstić information content (AvgIpc) is 2.98.